The van der Waals surface area contributed by atoms with Gasteiger partial charge in [-0.25, -0.2) is 9.78 Å². The van der Waals surface area contributed by atoms with E-state index in [1.165, 1.54) is 53.9 Å². The van der Waals surface area contributed by atoms with Gasteiger partial charge in [0.15, 0.2) is 0 Å². The van der Waals surface area contributed by atoms with Crippen molar-refractivity contribution >= 4 is 105 Å². The lowest BCUT2D eigenvalue weighted by molar-refractivity contribution is -0.140. The highest BCUT2D eigenvalue weighted by Gasteiger charge is 2.44. The summed E-state index contributed by atoms with van der Waals surface area (Å²) < 4.78 is -0.536. The molecule has 1 fully saturated rings. The number of hydrogen-bond donors (Lipinski definition) is 10. The van der Waals surface area contributed by atoms with Crippen LogP contribution in [0.4, 0.5) is 23.1 Å². The molecular weight excluding hydrogens is 1090 g/mol. The second kappa shape index (κ2) is 28.8. The molecule has 7 amide bonds. The number of carbonyl (C=O) groups is 8. The Labute approximate surface area is 483 Å². The molecule has 0 bridgehead atoms. The number of imide groups is 1. The SMILES string of the molecule is C=CC(C=C)(SC1CC(=O)N(CCCCCC(=O)N[C@H](C(=O)N[C@@H](C)C(=O)Nc2ccc(C(=O)NCCC[C@H](NC(=O)c3ccc(NCc4ccc5nc(N)nc(N)c5c4Cl)cc3)C(=O)O)c(-c3nn[nH]n3)c2)C(C)C)C1=O)C(C)CC. The van der Waals surface area contributed by atoms with Gasteiger partial charge in [0.1, 0.15) is 23.9 Å². The van der Waals surface area contributed by atoms with E-state index < -0.39 is 57.7 Å². The molecule has 24 nitrogen and oxygen atoms in total. The van der Waals surface area contributed by atoms with Crippen LogP contribution < -0.4 is 43.4 Å². The molecule has 82 heavy (non-hydrogen) atoms. The number of unbranched alkanes of at least 4 members (excludes halogenated alkanes) is 2. The Hall–Kier alpha value is -8.45. The average molecular weight is 1160 g/mol. The van der Waals surface area contributed by atoms with Crippen LogP contribution in [0.5, 0.6) is 0 Å². The fourth-order valence-electron chi connectivity index (χ4n) is 9.11. The number of fused-ring (bicyclic) bond motifs is 1. The number of carbonyl (C=O) groups excluding carboxylic acids is 7. The highest BCUT2D eigenvalue weighted by atomic mass is 35.5. The van der Waals surface area contributed by atoms with Crippen LogP contribution in [0.15, 0.2) is 79.9 Å². The molecule has 1 aliphatic rings. The molecule has 2 aromatic heterocycles. The maximum atomic E-state index is 13.5. The van der Waals surface area contributed by atoms with Crippen LogP contribution in [0, 0.1) is 11.8 Å². The zero-order chi connectivity index (χ0) is 59.8. The molecule has 5 atom stereocenters. The molecule has 436 valence electrons. The van der Waals surface area contributed by atoms with Crippen molar-refractivity contribution in [2.24, 2.45) is 11.8 Å². The number of halogens is 1. The predicted molar refractivity (Wildman–Crippen MR) is 314 cm³/mol. The monoisotopic (exact) mass is 1160 g/mol. The van der Waals surface area contributed by atoms with E-state index >= 15 is 0 Å². The summed E-state index contributed by atoms with van der Waals surface area (Å²) in [4.78, 5) is 114. The van der Waals surface area contributed by atoms with E-state index in [2.05, 4.69) is 89.5 Å². The van der Waals surface area contributed by atoms with Crippen molar-refractivity contribution < 1.29 is 43.5 Å². The quantitative estimate of drug-likeness (QED) is 0.0148. The maximum Gasteiger partial charge on any atom is 0.326 e. The molecule has 6 rings (SSSR count). The first kappa shape index (κ1) is 62.7. The van der Waals surface area contributed by atoms with E-state index in [-0.39, 0.29) is 108 Å². The Morgan fingerprint density at radius 3 is 2.28 bits per heavy atom. The van der Waals surface area contributed by atoms with Crippen molar-refractivity contribution in [3.05, 3.63) is 102 Å². The summed E-state index contributed by atoms with van der Waals surface area (Å²) >= 11 is 8.03. The topological polar surface area (TPSA) is 364 Å². The van der Waals surface area contributed by atoms with Gasteiger partial charge in [-0.1, -0.05) is 70.4 Å². The van der Waals surface area contributed by atoms with Gasteiger partial charge >= 0.3 is 5.97 Å². The molecule has 5 aromatic rings. The van der Waals surface area contributed by atoms with Crippen molar-refractivity contribution in [1.29, 1.82) is 0 Å². The minimum absolute atomic E-state index is 0.0194. The van der Waals surface area contributed by atoms with E-state index in [0.29, 0.717) is 53.0 Å². The molecule has 3 heterocycles. The number of nitrogens with one attached hydrogen (secondary N) is 7. The number of nitrogens with two attached hydrogens (primary N) is 2. The number of rotatable bonds is 30. The van der Waals surface area contributed by atoms with Crippen LogP contribution in [0.1, 0.15) is 112 Å². The third-order valence-electron chi connectivity index (χ3n) is 14.1. The molecule has 1 saturated heterocycles. The number of hydrogen-bond acceptors (Lipinski definition) is 17. The lowest BCUT2D eigenvalue weighted by Gasteiger charge is -2.34. The number of aromatic amines is 1. The van der Waals surface area contributed by atoms with Gasteiger partial charge in [-0.2, -0.15) is 10.2 Å². The molecule has 0 saturated carbocycles. The van der Waals surface area contributed by atoms with Gasteiger partial charge in [0.25, 0.3) is 11.8 Å². The number of carboxylic acid groups (broad SMARTS) is 1. The largest absolute Gasteiger partial charge is 0.480 e. The van der Waals surface area contributed by atoms with Crippen LogP contribution in [0.25, 0.3) is 22.3 Å². The van der Waals surface area contributed by atoms with E-state index in [4.69, 9.17) is 23.1 Å². The van der Waals surface area contributed by atoms with Crippen LogP contribution in [0.2, 0.25) is 5.02 Å². The summed E-state index contributed by atoms with van der Waals surface area (Å²) in [6, 6.07) is 10.9. The summed E-state index contributed by atoms with van der Waals surface area (Å²) in [5.41, 5.74) is 14.3. The number of thioether (sulfide) groups is 1. The second-order valence-corrected chi connectivity index (χ2v) is 22.1. The molecular formula is C56H70ClN15O9S. The van der Waals surface area contributed by atoms with Gasteiger partial charge < -0.3 is 48.5 Å². The number of carboxylic acids is 1. The summed E-state index contributed by atoms with van der Waals surface area (Å²) in [7, 11) is 0. The molecule has 26 heteroatoms. The fourth-order valence-corrected chi connectivity index (χ4v) is 11.0. The van der Waals surface area contributed by atoms with Gasteiger partial charge in [0.2, 0.25) is 41.3 Å². The first-order valence-electron chi connectivity index (χ1n) is 26.8. The van der Waals surface area contributed by atoms with Gasteiger partial charge in [-0.15, -0.1) is 35.1 Å². The Balaban J connectivity index is 0.938. The third kappa shape index (κ3) is 15.9. The smallest absolute Gasteiger partial charge is 0.326 e. The van der Waals surface area contributed by atoms with Gasteiger partial charge in [-0.05, 0) is 104 Å². The van der Waals surface area contributed by atoms with Crippen LogP contribution in [-0.4, -0.2) is 129 Å². The number of likely N-dealkylation sites (tertiary alicyclic amines) is 1. The molecule has 12 N–H and O–H groups in total. The predicted octanol–water partition coefficient (Wildman–Crippen LogP) is 5.80. The summed E-state index contributed by atoms with van der Waals surface area (Å²) in [6.07, 6.45) is 6.29. The normalized spacial score (nSPS) is 14.8. The molecule has 1 aliphatic heterocycles. The minimum Gasteiger partial charge on any atom is -0.480 e. The number of amides is 7. The molecule has 0 radical (unpaired) electrons. The Morgan fingerprint density at radius 2 is 1.62 bits per heavy atom. The number of aromatic nitrogens is 6. The highest BCUT2D eigenvalue weighted by Crippen LogP contribution is 2.43. The number of benzene rings is 3. The van der Waals surface area contributed by atoms with Gasteiger partial charge in [0.05, 0.1) is 31.5 Å². The van der Waals surface area contributed by atoms with E-state index in [0.717, 1.165) is 6.42 Å². The Morgan fingerprint density at radius 1 is 0.902 bits per heavy atom. The van der Waals surface area contributed by atoms with E-state index in [1.54, 1.807) is 50.3 Å². The maximum absolute atomic E-state index is 13.5. The second-order valence-electron chi connectivity index (χ2n) is 20.2. The summed E-state index contributed by atoms with van der Waals surface area (Å²) in [6.45, 7) is 17.6. The minimum atomic E-state index is -1.28. The average Bonchev–Trinajstić information content (AvgIpc) is 4.23. The zero-order valence-electron chi connectivity index (χ0n) is 46.3. The number of tetrazole rings is 1. The first-order chi connectivity index (χ1) is 39.1. The van der Waals surface area contributed by atoms with E-state index in [9.17, 15) is 43.5 Å². The number of anilines is 4. The first-order valence-corrected chi connectivity index (χ1v) is 28.1. The standard InChI is InChI=1S/C56H70ClN15O9S/c1-8-31(6)56(9-2,10-3)82-41-28-43(74)72(53(41)79)26-13-11-12-16-42(73)66-46(30(4)5)52(78)62-32(7)49(75)63-36-22-23-37(38(27-36)48-68-70-71-69-48)51(77)60-25-14-15-40(54(80)81)64-50(76)33-17-20-35(21-18-33)61-29-34-19-24-39-44(45(34)57)47(58)67-55(59)65-39/h9-10,17-24,27,30-32,40-41,46,61H,2-3,8,11-16,25-26,28-29H2,1,4-7H3,(H,60,77)(H,62,78)(H,63,75)(H,64,76)(H,66,73)(H,80,81)(H4,58,59,65,67)(H,68,69,70,71)/t31?,32-,40-,41?,46-/m0/s1. The summed E-state index contributed by atoms with van der Waals surface area (Å²) in [5.74, 6) is -4.45. The highest BCUT2D eigenvalue weighted by molar-refractivity contribution is 8.02. The fraction of sp³-hybridized carbons (Fsp3) is 0.411. The lowest BCUT2D eigenvalue weighted by Crippen LogP contribution is -2.53. The third-order valence-corrected chi connectivity index (χ3v) is 16.3. The van der Waals surface area contributed by atoms with Crippen molar-refractivity contribution in [1.82, 2.24) is 56.8 Å². The number of nitrogens with zero attached hydrogens (tertiary/aromatic N) is 6. The molecule has 0 aliphatic carbocycles. The zero-order valence-corrected chi connectivity index (χ0v) is 47.9. The number of aliphatic carboxylic acids is 1. The van der Waals surface area contributed by atoms with Gasteiger partial charge in [-0.3, -0.25) is 38.5 Å². The van der Waals surface area contributed by atoms with Crippen LogP contribution in [0.3, 0.4) is 0 Å². The Kier molecular flexibility index (Phi) is 22.0. The molecule has 3 aromatic carbocycles. The number of H-pyrrole nitrogens is 1. The van der Waals surface area contributed by atoms with E-state index in [1.807, 2.05) is 0 Å². The van der Waals surface area contributed by atoms with Crippen molar-refractivity contribution in [3.63, 3.8) is 0 Å². The van der Waals surface area contributed by atoms with Crippen molar-refractivity contribution in [2.75, 3.05) is 35.2 Å². The van der Waals surface area contributed by atoms with Gasteiger partial charge in [0, 0.05) is 55.0 Å². The Bertz CT molecular complexity index is 3170. The van der Waals surface area contributed by atoms with Crippen molar-refractivity contribution in [2.45, 2.75) is 121 Å². The number of nitrogen functional groups attached to an aromatic ring is 2. The molecule has 2 unspecified atom stereocenters. The van der Waals surface area contributed by atoms with Crippen LogP contribution in [-0.2, 0) is 35.3 Å². The summed E-state index contributed by atoms with van der Waals surface area (Å²) in [5, 5.41) is 40.9. The molecule has 0 spiro atoms. The van der Waals surface area contributed by atoms with Crippen molar-refractivity contribution in [3.8, 4) is 11.4 Å². The lowest BCUT2D eigenvalue weighted by atomic mass is 9.91. The van der Waals surface area contributed by atoms with Crippen LogP contribution >= 0.6 is 23.4 Å².